The van der Waals surface area contributed by atoms with Gasteiger partial charge in [0, 0.05) is 31.4 Å². The fourth-order valence-electron chi connectivity index (χ4n) is 2.56. The standard InChI is InChI=1S/C19H28N4O2/c1-15(12-20-11-10-16-6-4-3-5-7-16)23-18-14-21-17(13-22-18)8-9-19(24)25-2/h3-9,13,15,18,20-23H,10-12,14H2,1-2H3/b9-8+. The van der Waals surface area contributed by atoms with E-state index in [1.807, 2.05) is 12.3 Å². The largest absolute Gasteiger partial charge is 0.466 e. The molecule has 0 fully saturated rings. The van der Waals surface area contributed by atoms with Crippen LogP contribution in [0, 0.1) is 0 Å². The van der Waals surface area contributed by atoms with Gasteiger partial charge in [0.05, 0.1) is 19.0 Å². The first-order valence-electron chi connectivity index (χ1n) is 8.64. The average molecular weight is 344 g/mol. The summed E-state index contributed by atoms with van der Waals surface area (Å²) in [4.78, 5) is 11.1. The predicted molar refractivity (Wildman–Crippen MR) is 99.8 cm³/mol. The van der Waals surface area contributed by atoms with Gasteiger partial charge in [0.25, 0.3) is 0 Å². The second kappa shape index (κ2) is 10.5. The molecular formula is C19H28N4O2. The number of allylic oxidation sites excluding steroid dienone is 1. The first-order valence-corrected chi connectivity index (χ1v) is 8.64. The minimum absolute atomic E-state index is 0.154. The Morgan fingerprint density at radius 2 is 2.20 bits per heavy atom. The zero-order chi connectivity index (χ0) is 17.9. The molecule has 0 amide bonds. The van der Waals surface area contributed by atoms with E-state index in [4.69, 9.17) is 0 Å². The SMILES string of the molecule is COC(=O)/C=C/C1=CNC(NC(C)CNCCc2ccccc2)CN1. The van der Waals surface area contributed by atoms with Crippen LogP contribution in [0.15, 0.2) is 54.4 Å². The molecule has 1 aliphatic rings. The van der Waals surface area contributed by atoms with Crippen molar-refractivity contribution in [2.75, 3.05) is 26.7 Å². The van der Waals surface area contributed by atoms with Gasteiger partial charge in [0.15, 0.2) is 0 Å². The van der Waals surface area contributed by atoms with E-state index < -0.39 is 0 Å². The number of esters is 1. The second-order valence-electron chi connectivity index (χ2n) is 6.06. The first-order chi connectivity index (χ1) is 12.2. The van der Waals surface area contributed by atoms with Crippen LogP contribution in [-0.2, 0) is 16.0 Å². The molecule has 2 unspecified atom stereocenters. The van der Waals surface area contributed by atoms with Crippen molar-refractivity contribution >= 4 is 5.97 Å². The van der Waals surface area contributed by atoms with Crippen molar-refractivity contribution in [2.45, 2.75) is 25.6 Å². The Bertz CT molecular complexity index is 586. The maximum absolute atomic E-state index is 11.1. The monoisotopic (exact) mass is 344 g/mol. The average Bonchev–Trinajstić information content (AvgIpc) is 2.65. The fourth-order valence-corrected chi connectivity index (χ4v) is 2.56. The third kappa shape index (κ3) is 7.41. The lowest BCUT2D eigenvalue weighted by atomic mass is 10.1. The number of methoxy groups -OCH3 is 1. The molecule has 0 saturated carbocycles. The number of rotatable bonds is 9. The Labute approximate surface area is 149 Å². The van der Waals surface area contributed by atoms with E-state index in [0.29, 0.717) is 6.04 Å². The van der Waals surface area contributed by atoms with Gasteiger partial charge in [-0.15, -0.1) is 0 Å². The Morgan fingerprint density at radius 3 is 2.88 bits per heavy atom. The number of hydrogen-bond donors (Lipinski definition) is 4. The van der Waals surface area contributed by atoms with Crippen LogP contribution >= 0.6 is 0 Å². The molecule has 0 bridgehead atoms. The number of ether oxygens (including phenoxy) is 1. The van der Waals surface area contributed by atoms with Crippen LogP contribution in [-0.4, -0.2) is 44.9 Å². The molecule has 0 saturated heterocycles. The van der Waals surface area contributed by atoms with Crippen LogP contribution < -0.4 is 21.3 Å². The number of carbonyl (C=O) groups is 1. The van der Waals surface area contributed by atoms with Gasteiger partial charge in [0.1, 0.15) is 0 Å². The van der Waals surface area contributed by atoms with Crippen LogP contribution in [0.2, 0.25) is 0 Å². The normalized spacial score (nSPS) is 18.2. The highest BCUT2D eigenvalue weighted by Crippen LogP contribution is 1.99. The van der Waals surface area contributed by atoms with E-state index >= 15 is 0 Å². The minimum atomic E-state index is -0.363. The van der Waals surface area contributed by atoms with Crippen LogP contribution in [0.25, 0.3) is 0 Å². The molecule has 1 aromatic carbocycles. The summed E-state index contributed by atoms with van der Waals surface area (Å²) in [6, 6.07) is 10.8. The van der Waals surface area contributed by atoms with Gasteiger partial charge < -0.3 is 20.7 Å². The maximum atomic E-state index is 11.1. The van der Waals surface area contributed by atoms with Crippen LogP contribution in [0.3, 0.4) is 0 Å². The van der Waals surface area contributed by atoms with Crippen LogP contribution in [0.4, 0.5) is 0 Å². The molecule has 6 heteroatoms. The van der Waals surface area contributed by atoms with Crippen molar-refractivity contribution in [3.63, 3.8) is 0 Å². The lowest BCUT2D eigenvalue weighted by Crippen LogP contribution is -2.54. The molecule has 0 radical (unpaired) electrons. The van der Waals surface area contributed by atoms with Crippen molar-refractivity contribution in [1.29, 1.82) is 0 Å². The number of benzene rings is 1. The summed E-state index contributed by atoms with van der Waals surface area (Å²) in [6.45, 7) is 4.78. The first kappa shape index (κ1) is 19.0. The zero-order valence-electron chi connectivity index (χ0n) is 14.9. The lowest BCUT2D eigenvalue weighted by molar-refractivity contribution is -0.134. The number of carbonyl (C=O) groups excluding carboxylic acids is 1. The van der Waals surface area contributed by atoms with E-state index in [-0.39, 0.29) is 12.1 Å². The molecule has 2 atom stereocenters. The van der Waals surface area contributed by atoms with Gasteiger partial charge in [-0.3, -0.25) is 5.32 Å². The highest BCUT2D eigenvalue weighted by Gasteiger charge is 2.14. The predicted octanol–water partition coefficient (Wildman–Crippen LogP) is 0.886. The topological polar surface area (TPSA) is 74.4 Å². The van der Waals surface area contributed by atoms with E-state index in [9.17, 15) is 4.79 Å². The molecule has 2 rings (SSSR count). The van der Waals surface area contributed by atoms with Crippen molar-refractivity contribution in [3.05, 3.63) is 59.9 Å². The van der Waals surface area contributed by atoms with Crippen LogP contribution in [0.5, 0.6) is 0 Å². The van der Waals surface area contributed by atoms with E-state index in [1.165, 1.54) is 18.7 Å². The summed E-state index contributed by atoms with van der Waals surface area (Å²) in [6.07, 6.45) is 6.14. The van der Waals surface area contributed by atoms with Crippen molar-refractivity contribution in [2.24, 2.45) is 0 Å². The summed E-state index contributed by atoms with van der Waals surface area (Å²) in [7, 11) is 1.36. The molecule has 25 heavy (non-hydrogen) atoms. The molecule has 0 spiro atoms. The highest BCUT2D eigenvalue weighted by molar-refractivity contribution is 5.82. The molecule has 4 N–H and O–H groups in total. The van der Waals surface area contributed by atoms with Crippen LogP contribution in [0.1, 0.15) is 12.5 Å². The molecule has 0 aromatic heterocycles. The molecule has 1 aromatic rings. The Morgan fingerprint density at radius 1 is 1.40 bits per heavy atom. The van der Waals surface area contributed by atoms with Gasteiger partial charge >= 0.3 is 5.97 Å². The molecule has 1 aliphatic heterocycles. The number of nitrogens with one attached hydrogen (secondary N) is 4. The Hall–Kier alpha value is -2.31. The van der Waals surface area contributed by atoms with Crippen molar-refractivity contribution in [3.8, 4) is 0 Å². The molecule has 136 valence electrons. The minimum Gasteiger partial charge on any atom is -0.466 e. The Balaban J connectivity index is 1.61. The summed E-state index contributed by atoms with van der Waals surface area (Å²) < 4.78 is 4.57. The quantitative estimate of drug-likeness (QED) is 0.303. The summed E-state index contributed by atoms with van der Waals surface area (Å²) in [5.74, 6) is -0.363. The van der Waals surface area contributed by atoms with E-state index in [1.54, 1.807) is 6.08 Å². The van der Waals surface area contributed by atoms with Crippen molar-refractivity contribution in [1.82, 2.24) is 21.3 Å². The zero-order valence-corrected chi connectivity index (χ0v) is 14.9. The maximum Gasteiger partial charge on any atom is 0.330 e. The second-order valence-corrected chi connectivity index (χ2v) is 6.06. The third-order valence-electron chi connectivity index (χ3n) is 3.92. The van der Waals surface area contributed by atoms with E-state index in [0.717, 1.165) is 31.8 Å². The summed E-state index contributed by atoms with van der Waals surface area (Å²) >= 11 is 0. The lowest BCUT2D eigenvalue weighted by Gasteiger charge is -2.28. The Kier molecular flexibility index (Phi) is 8.01. The molecule has 0 aliphatic carbocycles. The van der Waals surface area contributed by atoms with Gasteiger partial charge in [-0.05, 0) is 31.5 Å². The van der Waals surface area contributed by atoms with Gasteiger partial charge in [-0.25, -0.2) is 4.79 Å². The highest BCUT2D eigenvalue weighted by atomic mass is 16.5. The fraction of sp³-hybridized carbons (Fsp3) is 0.421. The molecule has 6 nitrogen and oxygen atoms in total. The van der Waals surface area contributed by atoms with Gasteiger partial charge in [-0.2, -0.15) is 0 Å². The van der Waals surface area contributed by atoms with E-state index in [2.05, 4.69) is 57.2 Å². The van der Waals surface area contributed by atoms with Gasteiger partial charge in [-0.1, -0.05) is 30.3 Å². The summed E-state index contributed by atoms with van der Waals surface area (Å²) in [5, 5.41) is 13.6. The summed E-state index contributed by atoms with van der Waals surface area (Å²) in [5.41, 5.74) is 2.21. The smallest absolute Gasteiger partial charge is 0.330 e. The number of hydrogen-bond acceptors (Lipinski definition) is 6. The third-order valence-corrected chi connectivity index (χ3v) is 3.92. The van der Waals surface area contributed by atoms with Crippen molar-refractivity contribution < 1.29 is 9.53 Å². The molecular weight excluding hydrogens is 316 g/mol. The molecule has 1 heterocycles. The van der Waals surface area contributed by atoms with Gasteiger partial charge in [0.2, 0.25) is 0 Å².